The van der Waals surface area contributed by atoms with Gasteiger partial charge in [0.05, 0.1) is 17.8 Å². The fraction of sp³-hybridized carbons (Fsp3) is 0. The minimum absolute atomic E-state index is 0.601. The molecule has 0 N–H and O–H groups in total. The van der Waals surface area contributed by atoms with Crippen molar-refractivity contribution >= 4 is 0 Å². The lowest BCUT2D eigenvalue weighted by Crippen LogP contribution is -1.75. The first-order valence-electron chi connectivity index (χ1n) is 3.68. The van der Waals surface area contributed by atoms with Crippen molar-refractivity contribution in [3.05, 3.63) is 36.0 Å². The van der Waals surface area contributed by atoms with Crippen LogP contribution in [0, 0.1) is 11.3 Å². The summed E-state index contributed by atoms with van der Waals surface area (Å²) in [5.74, 6) is 0.601. The SMILES string of the molecule is N#Cc1ccc(-c2cnno2)cc1. The second kappa shape index (κ2) is 3.07. The fourth-order valence-electron chi connectivity index (χ4n) is 1.00. The van der Waals surface area contributed by atoms with Crippen molar-refractivity contribution in [3.63, 3.8) is 0 Å². The minimum atomic E-state index is 0.601. The highest BCUT2D eigenvalue weighted by Crippen LogP contribution is 2.17. The Balaban J connectivity index is 2.40. The van der Waals surface area contributed by atoms with Gasteiger partial charge in [-0.15, -0.1) is 5.10 Å². The van der Waals surface area contributed by atoms with Gasteiger partial charge in [0.1, 0.15) is 0 Å². The third-order valence-corrected chi connectivity index (χ3v) is 1.66. The molecule has 0 saturated carbocycles. The molecule has 4 nitrogen and oxygen atoms in total. The molecule has 2 aromatic rings. The van der Waals surface area contributed by atoms with Gasteiger partial charge in [0.2, 0.25) is 0 Å². The van der Waals surface area contributed by atoms with Gasteiger partial charge in [0, 0.05) is 10.8 Å². The molecule has 0 amide bonds. The van der Waals surface area contributed by atoms with Gasteiger partial charge < -0.3 is 4.52 Å². The first-order valence-corrected chi connectivity index (χ1v) is 3.68. The van der Waals surface area contributed by atoms with Gasteiger partial charge in [-0.3, -0.25) is 0 Å². The highest BCUT2D eigenvalue weighted by Gasteiger charge is 2.01. The van der Waals surface area contributed by atoms with Crippen molar-refractivity contribution in [1.29, 1.82) is 5.26 Å². The van der Waals surface area contributed by atoms with Crippen LogP contribution in [0.5, 0.6) is 0 Å². The summed E-state index contributed by atoms with van der Waals surface area (Å²) in [4.78, 5) is 0. The van der Waals surface area contributed by atoms with E-state index in [2.05, 4.69) is 10.4 Å². The first kappa shape index (κ1) is 7.50. The molecular weight excluding hydrogens is 166 g/mol. The smallest absolute Gasteiger partial charge is 0.187 e. The Morgan fingerprint density at radius 1 is 1.23 bits per heavy atom. The summed E-state index contributed by atoms with van der Waals surface area (Å²) in [5, 5.41) is 15.5. The van der Waals surface area contributed by atoms with E-state index < -0.39 is 0 Å². The second-order valence-electron chi connectivity index (χ2n) is 2.47. The van der Waals surface area contributed by atoms with Crippen molar-refractivity contribution in [2.75, 3.05) is 0 Å². The number of rotatable bonds is 1. The van der Waals surface area contributed by atoms with Crippen LogP contribution in [0.25, 0.3) is 11.3 Å². The van der Waals surface area contributed by atoms with Gasteiger partial charge in [-0.05, 0) is 24.3 Å². The van der Waals surface area contributed by atoms with Gasteiger partial charge in [0.25, 0.3) is 0 Å². The van der Waals surface area contributed by atoms with Gasteiger partial charge in [-0.1, -0.05) is 0 Å². The topological polar surface area (TPSA) is 62.7 Å². The van der Waals surface area contributed by atoms with Crippen LogP contribution in [0.4, 0.5) is 0 Å². The molecule has 0 saturated heterocycles. The molecule has 1 aromatic carbocycles. The van der Waals surface area contributed by atoms with E-state index in [0.29, 0.717) is 11.3 Å². The van der Waals surface area contributed by atoms with Gasteiger partial charge >= 0.3 is 0 Å². The average molecular weight is 171 g/mol. The van der Waals surface area contributed by atoms with Crippen LogP contribution >= 0.6 is 0 Å². The van der Waals surface area contributed by atoms with E-state index >= 15 is 0 Å². The van der Waals surface area contributed by atoms with E-state index in [1.807, 2.05) is 6.07 Å². The maximum Gasteiger partial charge on any atom is 0.187 e. The molecule has 0 bridgehead atoms. The number of nitriles is 1. The molecule has 0 spiro atoms. The minimum Gasteiger partial charge on any atom is -0.337 e. The lowest BCUT2D eigenvalue weighted by atomic mass is 10.1. The predicted octanol–water partition coefficient (Wildman–Crippen LogP) is 1.61. The summed E-state index contributed by atoms with van der Waals surface area (Å²) in [7, 11) is 0. The largest absolute Gasteiger partial charge is 0.337 e. The number of nitrogens with zero attached hydrogens (tertiary/aromatic N) is 3. The number of aromatic nitrogens is 2. The average Bonchev–Trinajstić information content (AvgIpc) is 2.71. The molecule has 0 aliphatic heterocycles. The lowest BCUT2D eigenvalue weighted by Gasteiger charge is -1.92. The number of hydrogen-bond donors (Lipinski definition) is 0. The Hall–Kier alpha value is -2.15. The molecule has 2 rings (SSSR count). The molecular formula is C9H5N3O. The standard InChI is InChI=1S/C9H5N3O/c10-5-7-1-3-8(4-2-7)9-6-11-12-13-9/h1-4,6H. The summed E-state index contributed by atoms with van der Waals surface area (Å²) < 4.78 is 4.85. The van der Waals surface area contributed by atoms with E-state index in [0.717, 1.165) is 5.56 Å². The normalized spacial score (nSPS) is 9.46. The van der Waals surface area contributed by atoms with Crippen LogP contribution in [-0.4, -0.2) is 10.4 Å². The summed E-state index contributed by atoms with van der Waals surface area (Å²) >= 11 is 0. The molecule has 1 heterocycles. The van der Waals surface area contributed by atoms with Crippen LogP contribution < -0.4 is 0 Å². The summed E-state index contributed by atoms with van der Waals surface area (Å²) in [6.07, 6.45) is 1.53. The molecule has 1 aromatic heterocycles. The van der Waals surface area contributed by atoms with Crippen LogP contribution in [0.3, 0.4) is 0 Å². The van der Waals surface area contributed by atoms with Crippen molar-refractivity contribution in [3.8, 4) is 17.4 Å². The maximum absolute atomic E-state index is 8.56. The Kier molecular flexibility index (Phi) is 1.77. The van der Waals surface area contributed by atoms with E-state index in [-0.39, 0.29) is 0 Å². The summed E-state index contributed by atoms with van der Waals surface area (Å²) in [6, 6.07) is 9.06. The molecule has 13 heavy (non-hydrogen) atoms. The molecule has 0 aliphatic carbocycles. The van der Waals surface area contributed by atoms with E-state index in [1.54, 1.807) is 24.3 Å². The highest BCUT2D eigenvalue weighted by molar-refractivity contribution is 5.56. The van der Waals surface area contributed by atoms with Crippen LogP contribution in [0.1, 0.15) is 5.56 Å². The van der Waals surface area contributed by atoms with Crippen molar-refractivity contribution in [2.45, 2.75) is 0 Å². The summed E-state index contributed by atoms with van der Waals surface area (Å²) in [6.45, 7) is 0. The van der Waals surface area contributed by atoms with Crippen molar-refractivity contribution in [1.82, 2.24) is 10.4 Å². The first-order chi connectivity index (χ1) is 6.40. The van der Waals surface area contributed by atoms with Crippen molar-refractivity contribution < 1.29 is 4.52 Å². The van der Waals surface area contributed by atoms with Crippen molar-refractivity contribution in [2.24, 2.45) is 0 Å². The summed E-state index contributed by atoms with van der Waals surface area (Å²) in [5.41, 5.74) is 1.49. The zero-order chi connectivity index (χ0) is 9.10. The zero-order valence-corrected chi connectivity index (χ0v) is 6.64. The molecule has 0 aliphatic rings. The molecule has 0 atom stereocenters. The van der Waals surface area contributed by atoms with E-state index in [4.69, 9.17) is 9.78 Å². The molecule has 62 valence electrons. The van der Waals surface area contributed by atoms with Gasteiger partial charge in [-0.25, -0.2) is 0 Å². The Morgan fingerprint density at radius 3 is 2.54 bits per heavy atom. The van der Waals surface area contributed by atoms with E-state index in [1.165, 1.54) is 6.20 Å². The Labute approximate surface area is 74.4 Å². The molecule has 0 unspecified atom stereocenters. The number of benzene rings is 1. The fourth-order valence-corrected chi connectivity index (χ4v) is 1.00. The van der Waals surface area contributed by atoms with E-state index in [9.17, 15) is 0 Å². The third-order valence-electron chi connectivity index (χ3n) is 1.66. The van der Waals surface area contributed by atoms with Gasteiger partial charge in [-0.2, -0.15) is 5.26 Å². The Bertz CT molecular complexity index is 425. The maximum atomic E-state index is 8.56. The van der Waals surface area contributed by atoms with Gasteiger partial charge in [0.15, 0.2) is 5.76 Å². The molecule has 4 heteroatoms. The predicted molar refractivity (Wildman–Crippen MR) is 44.4 cm³/mol. The van der Waals surface area contributed by atoms with Crippen LogP contribution in [0.2, 0.25) is 0 Å². The zero-order valence-electron chi connectivity index (χ0n) is 6.64. The second-order valence-corrected chi connectivity index (χ2v) is 2.47. The third kappa shape index (κ3) is 1.40. The molecule has 0 fully saturated rings. The monoisotopic (exact) mass is 171 g/mol. The quantitative estimate of drug-likeness (QED) is 0.653. The number of hydrogen-bond acceptors (Lipinski definition) is 4. The highest BCUT2D eigenvalue weighted by atomic mass is 16.5. The van der Waals surface area contributed by atoms with Crippen LogP contribution in [-0.2, 0) is 0 Å². The molecule has 0 radical (unpaired) electrons. The van der Waals surface area contributed by atoms with Crippen LogP contribution in [0.15, 0.2) is 35.0 Å². The Morgan fingerprint density at radius 2 is 2.00 bits per heavy atom. The lowest BCUT2D eigenvalue weighted by molar-refractivity contribution is 0.403.